The number of carbonyl (C=O) groups is 1. The predicted molar refractivity (Wildman–Crippen MR) is 109 cm³/mol. The average Bonchev–Trinajstić information content (AvgIpc) is 3.13. The maximum Gasteiger partial charge on any atom is 0.290 e. The first kappa shape index (κ1) is 19.9. The fourth-order valence-electron chi connectivity index (χ4n) is 2.83. The van der Waals surface area contributed by atoms with Gasteiger partial charge in [0.25, 0.3) is 6.47 Å². The lowest BCUT2D eigenvalue weighted by Crippen LogP contribution is -2.09. The summed E-state index contributed by atoms with van der Waals surface area (Å²) in [7, 11) is 0. The van der Waals surface area contributed by atoms with Gasteiger partial charge in [-0.1, -0.05) is 6.07 Å². The zero-order valence-corrected chi connectivity index (χ0v) is 16.0. The van der Waals surface area contributed by atoms with Crippen LogP contribution in [0.25, 0.3) is 28.3 Å². The molecule has 29 heavy (non-hydrogen) atoms. The second-order valence-corrected chi connectivity index (χ2v) is 6.49. The molecule has 0 saturated heterocycles. The number of rotatable bonds is 4. The van der Waals surface area contributed by atoms with Crippen LogP contribution in [-0.2, 0) is 4.79 Å². The summed E-state index contributed by atoms with van der Waals surface area (Å²) in [6.07, 6.45) is 7.14. The third-order valence-corrected chi connectivity index (χ3v) is 3.97. The third kappa shape index (κ3) is 4.73. The summed E-state index contributed by atoms with van der Waals surface area (Å²) in [5.41, 5.74) is 3.54. The summed E-state index contributed by atoms with van der Waals surface area (Å²) in [6.45, 7) is 3.83. The normalized spacial score (nSPS) is 10.5. The Labute approximate surface area is 166 Å². The average molecular weight is 393 g/mol. The molecule has 3 heterocycles. The third-order valence-electron chi connectivity index (χ3n) is 3.97. The molecule has 8 heteroatoms. The highest BCUT2D eigenvalue weighted by molar-refractivity contribution is 5.68. The molecular weight excluding hydrogens is 373 g/mol. The molecule has 3 aromatic heterocycles. The van der Waals surface area contributed by atoms with Gasteiger partial charge in [0.2, 0.25) is 5.78 Å². The smallest absolute Gasteiger partial charge is 0.290 e. The Morgan fingerprint density at radius 1 is 1.14 bits per heavy atom. The maximum absolute atomic E-state index is 14.4. The Kier molecular flexibility index (Phi) is 6.13. The van der Waals surface area contributed by atoms with Gasteiger partial charge in [-0.05, 0) is 44.2 Å². The van der Waals surface area contributed by atoms with Crippen molar-refractivity contribution in [3.05, 3.63) is 67.0 Å². The number of imidazole rings is 1. The number of hydrogen-bond donors (Lipinski definition) is 2. The van der Waals surface area contributed by atoms with E-state index in [-0.39, 0.29) is 18.3 Å². The van der Waals surface area contributed by atoms with Crippen molar-refractivity contribution in [2.24, 2.45) is 0 Å². The van der Waals surface area contributed by atoms with Crippen molar-refractivity contribution in [3.8, 4) is 22.5 Å². The van der Waals surface area contributed by atoms with E-state index in [1.54, 1.807) is 35.1 Å². The van der Waals surface area contributed by atoms with Crippen LogP contribution in [0.1, 0.15) is 13.8 Å². The maximum atomic E-state index is 14.4. The summed E-state index contributed by atoms with van der Waals surface area (Å²) >= 11 is 0. The fourth-order valence-corrected chi connectivity index (χ4v) is 2.83. The predicted octanol–water partition coefficient (Wildman–Crippen LogP) is 4.12. The fraction of sp³-hybridized carbons (Fsp3) is 0.143. The Balaban J connectivity index is 0.000000755. The lowest BCUT2D eigenvalue weighted by Gasteiger charge is -2.11. The van der Waals surface area contributed by atoms with E-state index >= 15 is 0 Å². The van der Waals surface area contributed by atoms with Crippen molar-refractivity contribution >= 4 is 17.9 Å². The number of aromatic nitrogens is 4. The number of benzene rings is 1. The second kappa shape index (κ2) is 8.92. The van der Waals surface area contributed by atoms with E-state index in [1.807, 2.05) is 38.2 Å². The molecule has 4 aromatic rings. The molecule has 0 spiro atoms. The number of fused-ring (bicyclic) bond motifs is 1. The SMILES string of the molecule is CC(C)Nc1ccc(F)c(-c2cn3cc(-c4ccccn4)cnc3n2)c1.O=CO. The first-order chi connectivity index (χ1) is 14.0. The van der Waals surface area contributed by atoms with Gasteiger partial charge in [-0.15, -0.1) is 0 Å². The molecule has 0 atom stereocenters. The van der Waals surface area contributed by atoms with Gasteiger partial charge >= 0.3 is 0 Å². The number of carboxylic acid groups (broad SMARTS) is 1. The molecule has 7 nitrogen and oxygen atoms in total. The lowest BCUT2D eigenvalue weighted by molar-refractivity contribution is -0.122. The van der Waals surface area contributed by atoms with Gasteiger partial charge in [-0.25, -0.2) is 14.4 Å². The van der Waals surface area contributed by atoms with Gasteiger partial charge in [0, 0.05) is 47.6 Å². The van der Waals surface area contributed by atoms with Gasteiger partial charge in [0.1, 0.15) is 5.82 Å². The monoisotopic (exact) mass is 393 g/mol. The van der Waals surface area contributed by atoms with Crippen LogP contribution in [0, 0.1) is 5.82 Å². The van der Waals surface area contributed by atoms with Gasteiger partial charge < -0.3 is 10.4 Å². The van der Waals surface area contributed by atoms with Crippen molar-refractivity contribution in [2.75, 3.05) is 5.32 Å². The van der Waals surface area contributed by atoms with Crippen LogP contribution in [0.5, 0.6) is 0 Å². The Bertz CT molecular complexity index is 1110. The first-order valence-corrected chi connectivity index (χ1v) is 8.92. The highest BCUT2D eigenvalue weighted by Crippen LogP contribution is 2.26. The molecule has 0 aliphatic heterocycles. The topological polar surface area (TPSA) is 92.4 Å². The van der Waals surface area contributed by atoms with Gasteiger partial charge in [-0.2, -0.15) is 0 Å². The van der Waals surface area contributed by atoms with E-state index in [0.717, 1.165) is 16.9 Å². The summed E-state index contributed by atoms with van der Waals surface area (Å²) in [5.74, 6) is 0.203. The van der Waals surface area contributed by atoms with E-state index in [4.69, 9.17) is 9.90 Å². The van der Waals surface area contributed by atoms with Crippen LogP contribution < -0.4 is 5.32 Å². The number of hydrogen-bond acceptors (Lipinski definition) is 5. The minimum absolute atomic E-state index is 0.250. The molecule has 0 radical (unpaired) electrons. The molecule has 0 bridgehead atoms. The Morgan fingerprint density at radius 2 is 1.93 bits per heavy atom. The van der Waals surface area contributed by atoms with E-state index in [0.29, 0.717) is 17.0 Å². The molecule has 148 valence electrons. The molecule has 0 aliphatic carbocycles. The number of nitrogens with one attached hydrogen (secondary N) is 1. The summed E-state index contributed by atoms with van der Waals surface area (Å²) in [5, 5.41) is 10.2. The quantitative estimate of drug-likeness (QED) is 0.507. The van der Waals surface area contributed by atoms with E-state index < -0.39 is 0 Å². The van der Waals surface area contributed by atoms with Crippen LogP contribution in [0.4, 0.5) is 10.1 Å². The first-order valence-electron chi connectivity index (χ1n) is 8.92. The molecular formula is C21H20FN5O2. The minimum Gasteiger partial charge on any atom is -0.483 e. The largest absolute Gasteiger partial charge is 0.483 e. The van der Waals surface area contributed by atoms with Crippen LogP contribution in [-0.4, -0.2) is 37.0 Å². The van der Waals surface area contributed by atoms with Crippen LogP contribution in [0.2, 0.25) is 0 Å². The highest BCUT2D eigenvalue weighted by Gasteiger charge is 2.12. The van der Waals surface area contributed by atoms with Crippen molar-refractivity contribution in [1.29, 1.82) is 0 Å². The zero-order chi connectivity index (χ0) is 20.8. The van der Waals surface area contributed by atoms with E-state index in [1.165, 1.54) is 6.07 Å². The van der Waals surface area contributed by atoms with Crippen LogP contribution in [0.3, 0.4) is 0 Å². The molecule has 0 aliphatic rings. The minimum atomic E-state index is -0.312. The number of pyridine rings is 1. The molecule has 1 aromatic carbocycles. The molecule has 4 rings (SSSR count). The summed E-state index contributed by atoms with van der Waals surface area (Å²) in [4.78, 5) is 21.5. The van der Waals surface area contributed by atoms with Crippen LogP contribution in [0.15, 0.2) is 61.2 Å². The van der Waals surface area contributed by atoms with Gasteiger partial charge in [0.15, 0.2) is 0 Å². The van der Waals surface area contributed by atoms with Gasteiger partial charge in [-0.3, -0.25) is 14.2 Å². The highest BCUT2D eigenvalue weighted by atomic mass is 19.1. The van der Waals surface area contributed by atoms with Crippen molar-refractivity contribution in [2.45, 2.75) is 19.9 Å². The van der Waals surface area contributed by atoms with Gasteiger partial charge in [0.05, 0.1) is 11.4 Å². The lowest BCUT2D eigenvalue weighted by atomic mass is 10.1. The Hall–Kier alpha value is -3.81. The Morgan fingerprint density at radius 3 is 2.62 bits per heavy atom. The standard InChI is InChI=1S/C20H18FN5.CH2O2/c1-13(2)24-15-6-7-17(21)16(9-15)19-12-26-11-14(10-23-20(26)25-19)18-5-3-4-8-22-18;2-1-3/h3-13,24H,1-2H3;1H,(H,2,3). The molecule has 0 saturated carbocycles. The summed E-state index contributed by atoms with van der Waals surface area (Å²) < 4.78 is 16.2. The van der Waals surface area contributed by atoms with Crippen molar-refractivity contribution in [1.82, 2.24) is 19.4 Å². The summed E-state index contributed by atoms with van der Waals surface area (Å²) in [6, 6.07) is 10.9. The van der Waals surface area contributed by atoms with Crippen molar-refractivity contribution < 1.29 is 14.3 Å². The number of halogens is 1. The van der Waals surface area contributed by atoms with E-state index in [9.17, 15) is 4.39 Å². The van der Waals surface area contributed by atoms with E-state index in [2.05, 4.69) is 20.3 Å². The van der Waals surface area contributed by atoms with Crippen LogP contribution >= 0.6 is 0 Å². The molecule has 0 amide bonds. The molecule has 0 unspecified atom stereocenters. The number of anilines is 1. The van der Waals surface area contributed by atoms with Crippen molar-refractivity contribution in [3.63, 3.8) is 0 Å². The number of nitrogens with zero attached hydrogens (tertiary/aromatic N) is 4. The zero-order valence-electron chi connectivity index (χ0n) is 16.0. The molecule has 2 N–H and O–H groups in total. The second-order valence-electron chi connectivity index (χ2n) is 6.49. The molecule has 0 fully saturated rings.